The highest BCUT2D eigenvalue weighted by Crippen LogP contribution is 2.29. The van der Waals surface area contributed by atoms with E-state index in [1.54, 1.807) is 20.4 Å². The lowest BCUT2D eigenvalue weighted by atomic mass is 10.1. The van der Waals surface area contributed by atoms with E-state index in [0.717, 1.165) is 22.8 Å². The van der Waals surface area contributed by atoms with Gasteiger partial charge in [-0.2, -0.15) is 5.10 Å². The van der Waals surface area contributed by atoms with Gasteiger partial charge in [0.15, 0.2) is 23.1 Å². The minimum Gasteiger partial charge on any atom is -0.493 e. The third kappa shape index (κ3) is 6.17. The number of anilines is 1. The van der Waals surface area contributed by atoms with Crippen LogP contribution in [0, 0.1) is 0 Å². The van der Waals surface area contributed by atoms with Gasteiger partial charge in [0.2, 0.25) is 0 Å². The van der Waals surface area contributed by atoms with Crippen molar-refractivity contribution in [2.24, 2.45) is 0 Å². The van der Waals surface area contributed by atoms with Gasteiger partial charge in [-0.25, -0.2) is 14.6 Å². The molecule has 2 aromatic heterocycles. The average Bonchev–Trinajstić information content (AvgIpc) is 3.20. The molecule has 1 aromatic carbocycles. The number of methoxy groups -OCH3 is 2. The summed E-state index contributed by atoms with van der Waals surface area (Å²) in [5.41, 5.74) is 1.93. The van der Waals surface area contributed by atoms with Crippen molar-refractivity contribution in [3.63, 3.8) is 0 Å². The molecule has 0 fully saturated rings. The number of ether oxygens (including phenoxy) is 2. The molecule has 2 heterocycles. The van der Waals surface area contributed by atoms with Crippen molar-refractivity contribution in [1.82, 2.24) is 19.7 Å². The number of pyridine rings is 1. The number of hydrogen-bond acceptors (Lipinski definition) is 8. The fourth-order valence-electron chi connectivity index (χ4n) is 3.14. The average molecular weight is 444 g/mol. The Morgan fingerprint density at radius 1 is 1.16 bits per heavy atom. The van der Waals surface area contributed by atoms with Crippen molar-refractivity contribution in [3.05, 3.63) is 47.9 Å². The Labute approximate surface area is 187 Å². The fourth-order valence-corrected chi connectivity index (χ4v) is 3.14. The molecule has 10 nitrogen and oxygen atoms in total. The highest BCUT2D eigenvalue weighted by molar-refractivity contribution is 5.70. The predicted octanol–water partition coefficient (Wildman–Crippen LogP) is 2.10. The van der Waals surface area contributed by atoms with Gasteiger partial charge < -0.3 is 24.6 Å². The van der Waals surface area contributed by atoms with Gasteiger partial charge in [0.25, 0.3) is 6.47 Å². The van der Waals surface area contributed by atoms with Crippen molar-refractivity contribution in [2.75, 3.05) is 39.8 Å². The predicted molar refractivity (Wildman–Crippen MR) is 120 cm³/mol. The number of hydrogen-bond donors (Lipinski definition) is 2. The van der Waals surface area contributed by atoms with Crippen molar-refractivity contribution >= 4 is 12.3 Å². The number of nitrogens with zero attached hydrogens (tertiary/aromatic N) is 5. The molecule has 10 heteroatoms. The first-order chi connectivity index (χ1) is 15.5. The van der Waals surface area contributed by atoms with Crippen LogP contribution in [0.15, 0.2) is 36.5 Å². The lowest BCUT2D eigenvalue weighted by Crippen LogP contribution is -2.13. The normalized spacial score (nSPS) is 10.2. The van der Waals surface area contributed by atoms with Crippen LogP contribution in [0.25, 0.3) is 11.4 Å². The maximum absolute atomic E-state index is 9.27. The second-order valence-electron chi connectivity index (χ2n) is 6.89. The first-order valence-electron chi connectivity index (χ1n) is 9.95. The van der Waals surface area contributed by atoms with E-state index >= 15 is 0 Å². The summed E-state index contributed by atoms with van der Waals surface area (Å²) in [4.78, 5) is 19.6. The van der Waals surface area contributed by atoms with Crippen LogP contribution in [0.2, 0.25) is 0 Å². The lowest BCUT2D eigenvalue weighted by Gasteiger charge is -2.15. The number of aliphatic hydroxyl groups is 1. The quantitative estimate of drug-likeness (QED) is 0.479. The molecule has 0 bridgehead atoms. The van der Waals surface area contributed by atoms with Gasteiger partial charge in [-0.05, 0) is 36.2 Å². The maximum atomic E-state index is 9.27. The van der Waals surface area contributed by atoms with Crippen molar-refractivity contribution in [2.45, 2.75) is 19.4 Å². The molecule has 2 N–H and O–H groups in total. The Balaban J connectivity index is 0.00000114. The second kappa shape index (κ2) is 12.3. The molecular weight excluding hydrogens is 414 g/mol. The number of carboxylic acid groups (broad SMARTS) is 1. The standard InChI is InChI=1S/C21H27N5O3.CH2O2/c1-25(2)20-16(7-5-10-22-20)21-23-19(24-26(21)11-6-12-27)14-15-8-9-17(28-3)18(13-15)29-4;2-1-3/h5,7-10,13,27H,6,11-12,14H2,1-4H3;1H,(H,2,3). The SMILES string of the molecule is COc1ccc(Cc2nc(-c3cccnc3N(C)C)n(CCCO)n2)cc1OC.O=CO. The van der Waals surface area contributed by atoms with E-state index in [2.05, 4.69) is 4.98 Å². The third-order valence-electron chi connectivity index (χ3n) is 4.51. The minimum atomic E-state index is -0.250. The van der Waals surface area contributed by atoms with Crippen LogP contribution in [0.1, 0.15) is 17.8 Å². The molecule has 0 atom stereocenters. The van der Waals surface area contributed by atoms with Gasteiger partial charge in [-0.1, -0.05) is 6.07 Å². The number of benzene rings is 1. The molecule has 0 saturated carbocycles. The summed E-state index contributed by atoms with van der Waals surface area (Å²) in [6, 6.07) is 9.67. The molecule has 172 valence electrons. The first kappa shape index (κ1) is 24.6. The number of carbonyl (C=O) groups is 1. The molecular formula is C22H29N5O5. The Kier molecular flexibility index (Phi) is 9.43. The number of aromatic nitrogens is 4. The Bertz CT molecular complexity index is 1010. The van der Waals surface area contributed by atoms with Crippen LogP contribution in [-0.2, 0) is 17.8 Å². The first-order valence-corrected chi connectivity index (χ1v) is 9.95. The molecule has 0 spiro atoms. The molecule has 32 heavy (non-hydrogen) atoms. The summed E-state index contributed by atoms with van der Waals surface area (Å²) >= 11 is 0. The maximum Gasteiger partial charge on any atom is 0.290 e. The van der Waals surface area contributed by atoms with E-state index in [1.165, 1.54) is 0 Å². The van der Waals surface area contributed by atoms with E-state index in [4.69, 9.17) is 29.5 Å². The number of aliphatic hydroxyl groups excluding tert-OH is 1. The molecule has 0 saturated heterocycles. The van der Waals surface area contributed by atoms with Gasteiger partial charge >= 0.3 is 0 Å². The molecule has 0 aliphatic rings. The van der Waals surface area contributed by atoms with Crippen molar-refractivity contribution in [3.8, 4) is 22.9 Å². The molecule has 0 aliphatic carbocycles. The smallest absolute Gasteiger partial charge is 0.290 e. The van der Waals surface area contributed by atoms with Crippen molar-refractivity contribution in [1.29, 1.82) is 0 Å². The fraction of sp³-hybridized carbons (Fsp3) is 0.364. The Hall–Kier alpha value is -3.66. The summed E-state index contributed by atoms with van der Waals surface area (Å²) in [6.45, 7) is 0.421. The largest absolute Gasteiger partial charge is 0.493 e. The van der Waals surface area contributed by atoms with Gasteiger partial charge in [-0.15, -0.1) is 0 Å². The summed E-state index contributed by atoms with van der Waals surface area (Å²) in [7, 11) is 7.13. The van der Waals surface area contributed by atoms with Crippen LogP contribution in [0.4, 0.5) is 5.82 Å². The molecule has 3 rings (SSSR count). The highest BCUT2D eigenvalue weighted by atomic mass is 16.5. The summed E-state index contributed by atoms with van der Waals surface area (Å²) in [6.07, 6.45) is 2.92. The van der Waals surface area contributed by atoms with Crippen LogP contribution in [-0.4, -0.2) is 71.4 Å². The summed E-state index contributed by atoms with van der Waals surface area (Å²) < 4.78 is 12.5. The van der Waals surface area contributed by atoms with E-state index in [-0.39, 0.29) is 13.1 Å². The van der Waals surface area contributed by atoms with E-state index in [9.17, 15) is 5.11 Å². The second-order valence-corrected chi connectivity index (χ2v) is 6.89. The highest BCUT2D eigenvalue weighted by Gasteiger charge is 2.17. The van der Waals surface area contributed by atoms with Gasteiger partial charge in [-0.3, -0.25) is 4.79 Å². The van der Waals surface area contributed by atoms with Crippen LogP contribution in [0.3, 0.4) is 0 Å². The van der Waals surface area contributed by atoms with Crippen LogP contribution < -0.4 is 14.4 Å². The minimum absolute atomic E-state index is 0.0951. The number of aryl methyl sites for hydroxylation is 1. The van der Waals surface area contributed by atoms with Gasteiger partial charge in [0.05, 0.1) is 19.8 Å². The summed E-state index contributed by atoms with van der Waals surface area (Å²) in [5, 5.41) is 20.9. The molecule has 0 unspecified atom stereocenters. The van der Waals surface area contributed by atoms with Crippen LogP contribution >= 0.6 is 0 Å². The third-order valence-corrected chi connectivity index (χ3v) is 4.51. The zero-order valence-electron chi connectivity index (χ0n) is 18.7. The molecule has 3 aromatic rings. The molecule has 0 amide bonds. The van der Waals surface area contributed by atoms with E-state index < -0.39 is 0 Å². The zero-order chi connectivity index (χ0) is 23.5. The Morgan fingerprint density at radius 2 is 1.88 bits per heavy atom. The van der Waals surface area contributed by atoms with E-state index in [0.29, 0.717) is 36.7 Å². The van der Waals surface area contributed by atoms with Gasteiger partial charge in [0.1, 0.15) is 5.82 Å². The van der Waals surface area contributed by atoms with E-state index in [1.807, 2.05) is 54.0 Å². The molecule has 0 radical (unpaired) electrons. The number of rotatable bonds is 9. The molecule has 0 aliphatic heterocycles. The monoisotopic (exact) mass is 443 g/mol. The summed E-state index contributed by atoms with van der Waals surface area (Å²) in [5.74, 6) is 3.61. The van der Waals surface area contributed by atoms with Gasteiger partial charge in [0, 0.05) is 39.9 Å². The zero-order valence-corrected chi connectivity index (χ0v) is 18.7. The van der Waals surface area contributed by atoms with Crippen LogP contribution in [0.5, 0.6) is 11.5 Å². The topological polar surface area (TPSA) is 123 Å². The Morgan fingerprint density at radius 3 is 2.50 bits per heavy atom. The van der Waals surface area contributed by atoms with Crippen molar-refractivity contribution < 1.29 is 24.5 Å². The lowest BCUT2D eigenvalue weighted by molar-refractivity contribution is -0.122.